The molecule has 2 aromatic rings. The van der Waals surface area contributed by atoms with Gasteiger partial charge in [0.2, 0.25) is 0 Å². The van der Waals surface area contributed by atoms with Crippen LogP contribution in [0.5, 0.6) is 0 Å². The van der Waals surface area contributed by atoms with Gasteiger partial charge in [0.25, 0.3) is 0 Å². The van der Waals surface area contributed by atoms with Gasteiger partial charge in [0.15, 0.2) is 0 Å². The van der Waals surface area contributed by atoms with Crippen LogP contribution in [0.3, 0.4) is 0 Å². The van der Waals surface area contributed by atoms with Crippen molar-refractivity contribution < 1.29 is 9.53 Å². The first-order chi connectivity index (χ1) is 8.22. The molecule has 2 heteroatoms. The molecule has 0 aliphatic heterocycles. The van der Waals surface area contributed by atoms with Gasteiger partial charge in [-0.3, -0.25) is 0 Å². The third kappa shape index (κ3) is 2.36. The first-order valence-electron chi connectivity index (χ1n) is 5.32. The molecular formula is C15H13O2. The van der Waals surface area contributed by atoms with Crippen LogP contribution in [0.15, 0.2) is 48.5 Å². The highest BCUT2D eigenvalue weighted by Gasteiger charge is 2.11. The molecule has 85 valence electrons. The fourth-order valence-corrected chi connectivity index (χ4v) is 1.71. The molecule has 0 fully saturated rings. The van der Waals surface area contributed by atoms with Gasteiger partial charge >= 0.3 is 5.97 Å². The minimum absolute atomic E-state index is 0.320. The lowest BCUT2D eigenvalue weighted by molar-refractivity contribution is 0.0601. The predicted molar refractivity (Wildman–Crippen MR) is 67.7 cm³/mol. The number of hydrogen-bond donors (Lipinski definition) is 0. The Morgan fingerprint density at radius 1 is 1.06 bits per heavy atom. The molecule has 0 saturated carbocycles. The molecule has 2 rings (SSSR count). The van der Waals surface area contributed by atoms with E-state index in [1.807, 2.05) is 42.5 Å². The van der Waals surface area contributed by atoms with E-state index in [0.717, 1.165) is 16.7 Å². The maximum absolute atomic E-state index is 11.6. The first kappa shape index (κ1) is 11.4. The van der Waals surface area contributed by atoms with Gasteiger partial charge in [-0.15, -0.1) is 0 Å². The standard InChI is InChI=1S/C15H13O2/c1-11-7-9-12(10-8-11)13-5-3-4-6-14(13)15(16)17-2/h3-10H,1H2,2H3. The number of methoxy groups -OCH3 is 1. The van der Waals surface area contributed by atoms with Crippen molar-refractivity contribution in [3.05, 3.63) is 66.6 Å². The van der Waals surface area contributed by atoms with E-state index in [-0.39, 0.29) is 5.97 Å². The fraction of sp³-hybridized carbons (Fsp3) is 0.0667. The molecule has 2 aromatic carbocycles. The normalized spacial score (nSPS) is 10.0. The topological polar surface area (TPSA) is 26.3 Å². The van der Waals surface area contributed by atoms with Crippen molar-refractivity contribution in [3.8, 4) is 11.1 Å². The van der Waals surface area contributed by atoms with Crippen LogP contribution in [0, 0.1) is 6.92 Å². The summed E-state index contributed by atoms with van der Waals surface area (Å²) in [5.41, 5.74) is 3.38. The number of esters is 1. The van der Waals surface area contributed by atoms with E-state index in [2.05, 4.69) is 6.92 Å². The van der Waals surface area contributed by atoms with E-state index in [1.54, 1.807) is 6.07 Å². The summed E-state index contributed by atoms with van der Waals surface area (Å²) >= 11 is 0. The van der Waals surface area contributed by atoms with E-state index in [4.69, 9.17) is 4.74 Å². The van der Waals surface area contributed by atoms with Crippen molar-refractivity contribution in [3.63, 3.8) is 0 Å². The largest absolute Gasteiger partial charge is 0.465 e. The number of carbonyl (C=O) groups is 1. The highest BCUT2D eigenvalue weighted by molar-refractivity contribution is 5.97. The number of hydrogen-bond acceptors (Lipinski definition) is 2. The zero-order valence-corrected chi connectivity index (χ0v) is 9.64. The van der Waals surface area contributed by atoms with Gasteiger partial charge in [-0.1, -0.05) is 42.5 Å². The molecule has 0 saturated heterocycles. The van der Waals surface area contributed by atoms with Crippen LogP contribution in [0.1, 0.15) is 15.9 Å². The minimum atomic E-state index is -0.320. The average molecular weight is 225 g/mol. The maximum Gasteiger partial charge on any atom is 0.338 e. The summed E-state index contributed by atoms with van der Waals surface area (Å²) in [4.78, 5) is 11.6. The van der Waals surface area contributed by atoms with Crippen LogP contribution >= 0.6 is 0 Å². The van der Waals surface area contributed by atoms with Crippen molar-refractivity contribution in [1.29, 1.82) is 0 Å². The van der Waals surface area contributed by atoms with Gasteiger partial charge in [-0.05, 0) is 29.7 Å². The summed E-state index contributed by atoms with van der Waals surface area (Å²) in [6.07, 6.45) is 0. The van der Waals surface area contributed by atoms with Gasteiger partial charge in [0.05, 0.1) is 12.7 Å². The molecule has 0 atom stereocenters. The third-order valence-corrected chi connectivity index (χ3v) is 2.60. The van der Waals surface area contributed by atoms with Crippen LogP contribution in [-0.4, -0.2) is 13.1 Å². The van der Waals surface area contributed by atoms with Crippen molar-refractivity contribution in [2.24, 2.45) is 0 Å². The fourth-order valence-electron chi connectivity index (χ4n) is 1.71. The second kappa shape index (κ2) is 4.83. The van der Waals surface area contributed by atoms with E-state index in [0.29, 0.717) is 5.56 Å². The van der Waals surface area contributed by atoms with E-state index in [1.165, 1.54) is 7.11 Å². The lowest BCUT2D eigenvalue weighted by atomic mass is 9.99. The summed E-state index contributed by atoms with van der Waals surface area (Å²) in [5, 5.41) is 0. The predicted octanol–water partition coefficient (Wildman–Crippen LogP) is 3.32. The van der Waals surface area contributed by atoms with E-state index in [9.17, 15) is 4.79 Å². The molecule has 0 aliphatic carbocycles. The van der Waals surface area contributed by atoms with Gasteiger partial charge < -0.3 is 4.74 Å². The molecule has 0 spiro atoms. The SMILES string of the molecule is [CH2]c1ccc(-c2ccccc2C(=O)OC)cc1. The van der Waals surface area contributed by atoms with Gasteiger partial charge in [-0.2, -0.15) is 0 Å². The maximum atomic E-state index is 11.6. The number of carbonyl (C=O) groups excluding carboxylic acids is 1. The van der Waals surface area contributed by atoms with E-state index >= 15 is 0 Å². The lowest BCUT2D eigenvalue weighted by Crippen LogP contribution is -2.03. The van der Waals surface area contributed by atoms with Crippen molar-refractivity contribution >= 4 is 5.97 Å². The lowest BCUT2D eigenvalue weighted by Gasteiger charge is -2.08. The van der Waals surface area contributed by atoms with E-state index < -0.39 is 0 Å². The molecule has 0 amide bonds. The Balaban J connectivity index is 2.51. The molecule has 2 nitrogen and oxygen atoms in total. The second-order valence-electron chi connectivity index (χ2n) is 3.73. The highest BCUT2D eigenvalue weighted by Crippen LogP contribution is 2.24. The molecular weight excluding hydrogens is 212 g/mol. The molecule has 0 aliphatic rings. The molecule has 0 heterocycles. The summed E-state index contributed by atoms with van der Waals surface area (Å²) in [5.74, 6) is -0.320. The average Bonchev–Trinajstić information content (AvgIpc) is 2.39. The Morgan fingerprint density at radius 2 is 1.71 bits per heavy atom. The van der Waals surface area contributed by atoms with Crippen LogP contribution in [-0.2, 0) is 4.74 Å². The summed E-state index contributed by atoms with van der Waals surface area (Å²) < 4.78 is 4.77. The Labute approximate surface area is 101 Å². The van der Waals surface area contributed by atoms with Gasteiger partial charge in [-0.25, -0.2) is 4.79 Å². The highest BCUT2D eigenvalue weighted by atomic mass is 16.5. The second-order valence-corrected chi connectivity index (χ2v) is 3.73. The van der Waals surface area contributed by atoms with Crippen molar-refractivity contribution in [2.45, 2.75) is 0 Å². The Bertz CT molecular complexity index is 527. The first-order valence-corrected chi connectivity index (χ1v) is 5.32. The molecule has 0 unspecified atom stereocenters. The Kier molecular flexibility index (Phi) is 3.24. The van der Waals surface area contributed by atoms with Crippen LogP contribution < -0.4 is 0 Å². The minimum Gasteiger partial charge on any atom is -0.465 e. The van der Waals surface area contributed by atoms with Crippen LogP contribution in [0.25, 0.3) is 11.1 Å². The van der Waals surface area contributed by atoms with Gasteiger partial charge in [0, 0.05) is 0 Å². The summed E-state index contributed by atoms with van der Waals surface area (Å²) in [6.45, 7) is 3.84. The molecule has 1 radical (unpaired) electrons. The third-order valence-electron chi connectivity index (χ3n) is 2.60. The molecule has 0 aromatic heterocycles. The zero-order valence-electron chi connectivity index (χ0n) is 9.64. The van der Waals surface area contributed by atoms with Gasteiger partial charge in [0.1, 0.15) is 0 Å². The number of benzene rings is 2. The monoisotopic (exact) mass is 225 g/mol. The quantitative estimate of drug-likeness (QED) is 0.733. The van der Waals surface area contributed by atoms with Crippen LogP contribution in [0.2, 0.25) is 0 Å². The molecule has 17 heavy (non-hydrogen) atoms. The zero-order chi connectivity index (χ0) is 12.3. The van der Waals surface area contributed by atoms with Crippen LogP contribution in [0.4, 0.5) is 0 Å². The Hall–Kier alpha value is -2.09. The smallest absolute Gasteiger partial charge is 0.338 e. The number of rotatable bonds is 2. The van der Waals surface area contributed by atoms with Crippen molar-refractivity contribution in [1.82, 2.24) is 0 Å². The van der Waals surface area contributed by atoms with Crippen molar-refractivity contribution in [2.75, 3.05) is 7.11 Å². The Morgan fingerprint density at radius 3 is 2.35 bits per heavy atom. The molecule has 0 N–H and O–H groups in total. The summed E-state index contributed by atoms with van der Waals surface area (Å²) in [7, 11) is 1.39. The summed E-state index contributed by atoms with van der Waals surface area (Å²) in [6, 6.07) is 15.1. The molecule has 0 bridgehead atoms. The number of ether oxygens (including phenoxy) is 1.